The van der Waals surface area contributed by atoms with E-state index in [1.54, 1.807) is 20.8 Å². The number of rotatable bonds is 7. The van der Waals surface area contributed by atoms with Gasteiger partial charge in [-0.15, -0.1) is 0 Å². The van der Waals surface area contributed by atoms with Crippen LogP contribution in [0.4, 0.5) is 0 Å². The van der Waals surface area contributed by atoms with E-state index in [2.05, 4.69) is 5.32 Å². The fraction of sp³-hybridized carbons (Fsp3) is 1.00. The van der Waals surface area contributed by atoms with E-state index in [-0.39, 0.29) is 18.2 Å². The van der Waals surface area contributed by atoms with E-state index in [9.17, 15) is 14.8 Å². The molecule has 0 amide bonds. The molecule has 0 aromatic rings. The van der Waals surface area contributed by atoms with Crippen LogP contribution >= 0.6 is 7.60 Å². The molecule has 1 aliphatic rings. The number of nitrogens with one attached hydrogen (secondary N) is 1. The van der Waals surface area contributed by atoms with Crippen molar-refractivity contribution in [2.24, 2.45) is 0 Å². The minimum Gasteiger partial charge on any atom is -0.389 e. The summed E-state index contributed by atoms with van der Waals surface area (Å²) < 4.78 is 22.6. The second kappa shape index (κ2) is 6.98. The fourth-order valence-electron chi connectivity index (χ4n) is 2.18. The molecule has 0 aromatic carbocycles. The maximum absolute atomic E-state index is 12.2. The summed E-state index contributed by atoms with van der Waals surface area (Å²) in [4.78, 5) is 0. The van der Waals surface area contributed by atoms with E-state index in [0.717, 1.165) is 0 Å². The van der Waals surface area contributed by atoms with E-state index >= 15 is 0 Å². The van der Waals surface area contributed by atoms with Crippen molar-refractivity contribution >= 4 is 7.60 Å². The van der Waals surface area contributed by atoms with E-state index in [4.69, 9.17) is 9.05 Å². The summed E-state index contributed by atoms with van der Waals surface area (Å²) in [5.41, 5.74) is 0. The van der Waals surface area contributed by atoms with Crippen molar-refractivity contribution in [1.82, 2.24) is 5.32 Å². The summed E-state index contributed by atoms with van der Waals surface area (Å²) in [7, 11) is -3.07. The molecule has 1 rings (SSSR count). The Balaban J connectivity index is 2.50. The molecule has 0 radical (unpaired) electrons. The third kappa shape index (κ3) is 4.02. The van der Waals surface area contributed by atoms with Crippen LogP contribution < -0.4 is 5.32 Å². The number of hydrogen-bond acceptors (Lipinski definition) is 6. The van der Waals surface area contributed by atoms with Crippen molar-refractivity contribution in [2.75, 3.05) is 19.4 Å². The lowest BCUT2D eigenvalue weighted by atomic mass is 10.1. The third-order valence-corrected chi connectivity index (χ3v) is 5.23. The van der Waals surface area contributed by atoms with Gasteiger partial charge in [-0.1, -0.05) is 0 Å². The fourth-order valence-corrected chi connectivity index (χ4v) is 3.89. The van der Waals surface area contributed by atoms with Crippen molar-refractivity contribution in [1.29, 1.82) is 0 Å². The van der Waals surface area contributed by atoms with Crippen LogP contribution in [0.15, 0.2) is 0 Å². The molecule has 1 aliphatic heterocycles. The van der Waals surface area contributed by atoms with Crippen LogP contribution in [-0.4, -0.2) is 53.9 Å². The molecule has 0 aromatic heterocycles. The van der Waals surface area contributed by atoms with Crippen LogP contribution in [0, 0.1) is 0 Å². The summed E-state index contributed by atoms with van der Waals surface area (Å²) in [5.74, 6) is 0. The quantitative estimate of drug-likeness (QED) is 0.596. The van der Waals surface area contributed by atoms with Crippen LogP contribution in [0.2, 0.25) is 0 Å². The highest BCUT2D eigenvalue weighted by Gasteiger charge is 2.39. The number of aliphatic hydroxyl groups excluding tert-OH is 2. The Hall–Kier alpha value is 0.0300. The zero-order chi connectivity index (χ0) is 13.8. The van der Waals surface area contributed by atoms with Crippen LogP contribution in [0.1, 0.15) is 27.2 Å². The highest BCUT2D eigenvalue weighted by Crippen LogP contribution is 2.49. The summed E-state index contributed by atoms with van der Waals surface area (Å²) in [6, 6.07) is -0.437. The first-order chi connectivity index (χ1) is 8.43. The molecular formula is C11H24NO5P. The average Bonchev–Trinajstić information content (AvgIpc) is 2.55. The lowest BCUT2D eigenvalue weighted by Crippen LogP contribution is -2.33. The van der Waals surface area contributed by atoms with Crippen LogP contribution in [-0.2, 0) is 13.6 Å². The van der Waals surface area contributed by atoms with Crippen LogP contribution in [0.3, 0.4) is 0 Å². The van der Waals surface area contributed by atoms with Gasteiger partial charge in [-0.05, 0) is 27.2 Å². The van der Waals surface area contributed by atoms with Crippen LogP contribution in [0.5, 0.6) is 0 Å². The normalized spacial score (nSPS) is 32.9. The molecule has 0 spiro atoms. The highest BCUT2D eigenvalue weighted by molar-refractivity contribution is 7.53. The molecule has 108 valence electrons. The van der Waals surface area contributed by atoms with Gasteiger partial charge in [0.1, 0.15) is 0 Å². The summed E-state index contributed by atoms with van der Waals surface area (Å²) in [6.07, 6.45) is -0.937. The molecule has 0 aliphatic carbocycles. The van der Waals surface area contributed by atoms with E-state index in [0.29, 0.717) is 19.6 Å². The Labute approximate surface area is 108 Å². The van der Waals surface area contributed by atoms with E-state index in [1.807, 2.05) is 0 Å². The average molecular weight is 281 g/mol. The first kappa shape index (κ1) is 16.1. The summed E-state index contributed by atoms with van der Waals surface area (Å²) in [5, 5.41) is 22.5. The molecule has 7 heteroatoms. The second-order valence-electron chi connectivity index (χ2n) is 4.50. The van der Waals surface area contributed by atoms with Gasteiger partial charge in [-0.25, -0.2) is 0 Å². The van der Waals surface area contributed by atoms with Gasteiger partial charge < -0.3 is 24.6 Å². The first-order valence-electron chi connectivity index (χ1n) is 6.43. The summed E-state index contributed by atoms with van der Waals surface area (Å²) >= 11 is 0. The van der Waals surface area contributed by atoms with Gasteiger partial charge in [-0.2, -0.15) is 0 Å². The van der Waals surface area contributed by atoms with Crippen molar-refractivity contribution in [3.05, 3.63) is 0 Å². The van der Waals surface area contributed by atoms with Gasteiger partial charge in [0.05, 0.1) is 31.6 Å². The zero-order valence-corrected chi connectivity index (χ0v) is 12.1. The molecule has 18 heavy (non-hydrogen) atoms. The Morgan fingerprint density at radius 1 is 1.17 bits per heavy atom. The largest absolute Gasteiger partial charge is 0.389 e. The molecule has 0 bridgehead atoms. The first-order valence-corrected chi connectivity index (χ1v) is 8.16. The number of hydrogen-bond donors (Lipinski definition) is 3. The number of aliphatic hydroxyl groups is 2. The molecule has 3 N–H and O–H groups in total. The molecule has 0 saturated carbocycles. The SMILES string of the molecule is CCOP(=O)(CC[C@@H]1N[C@@H](C)[C@@H](O)[C@H]1O)OCC. The maximum atomic E-state index is 12.2. The monoisotopic (exact) mass is 281 g/mol. The Morgan fingerprint density at radius 2 is 1.72 bits per heavy atom. The van der Waals surface area contributed by atoms with Crippen molar-refractivity contribution < 1.29 is 23.8 Å². The van der Waals surface area contributed by atoms with Crippen LogP contribution in [0.25, 0.3) is 0 Å². The van der Waals surface area contributed by atoms with Crippen molar-refractivity contribution in [3.8, 4) is 0 Å². The topological polar surface area (TPSA) is 88.0 Å². The molecule has 1 heterocycles. The molecule has 4 atom stereocenters. The molecule has 0 unspecified atom stereocenters. The predicted molar refractivity (Wildman–Crippen MR) is 68.7 cm³/mol. The molecule has 1 fully saturated rings. The van der Waals surface area contributed by atoms with E-state index in [1.165, 1.54) is 0 Å². The van der Waals surface area contributed by atoms with Gasteiger partial charge in [-0.3, -0.25) is 4.57 Å². The lowest BCUT2D eigenvalue weighted by Gasteiger charge is -2.20. The van der Waals surface area contributed by atoms with Crippen molar-refractivity contribution in [3.63, 3.8) is 0 Å². The Kier molecular flexibility index (Phi) is 6.24. The van der Waals surface area contributed by atoms with Crippen molar-refractivity contribution in [2.45, 2.75) is 51.5 Å². The Morgan fingerprint density at radius 3 is 2.11 bits per heavy atom. The van der Waals surface area contributed by atoms with E-state index < -0.39 is 19.8 Å². The maximum Gasteiger partial charge on any atom is 0.330 e. The van der Waals surface area contributed by atoms with Gasteiger partial charge in [0.2, 0.25) is 0 Å². The van der Waals surface area contributed by atoms with Gasteiger partial charge in [0.15, 0.2) is 0 Å². The van der Waals surface area contributed by atoms with Gasteiger partial charge in [0.25, 0.3) is 0 Å². The molecule has 1 saturated heterocycles. The second-order valence-corrected chi connectivity index (χ2v) is 6.69. The third-order valence-electron chi connectivity index (χ3n) is 3.12. The van der Waals surface area contributed by atoms with Gasteiger partial charge >= 0.3 is 7.60 Å². The zero-order valence-electron chi connectivity index (χ0n) is 11.2. The Bertz CT molecular complexity index is 291. The molecular weight excluding hydrogens is 257 g/mol. The van der Waals surface area contributed by atoms with Gasteiger partial charge in [0, 0.05) is 12.1 Å². The lowest BCUT2D eigenvalue weighted by molar-refractivity contribution is 0.0297. The minimum atomic E-state index is -3.07. The molecule has 6 nitrogen and oxygen atoms in total. The smallest absolute Gasteiger partial charge is 0.330 e. The minimum absolute atomic E-state index is 0.163. The predicted octanol–water partition coefficient (Wildman–Crippen LogP) is 0.725. The standard InChI is InChI=1S/C11H24NO5P/c1-4-16-18(15,17-5-2)7-6-9-11(14)10(13)8(3)12-9/h8-14H,4-7H2,1-3H3/t8-,9-,10+,11-/m0/s1. The summed E-state index contributed by atoms with van der Waals surface area (Å²) in [6.45, 7) is 5.99. The highest BCUT2D eigenvalue weighted by atomic mass is 31.2.